The van der Waals surface area contributed by atoms with E-state index in [1.54, 1.807) is 12.1 Å². The molecule has 0 spiro atoms. The number of ether oxygens (including phenoxy) is 1. The first kappa shape index (κ1) is 22.3. The molecule has 1 atom stereocenters. The smallest absolute Gasteiger partial charge is 0.230 e. The van der Waals surface area contributed by atoms with Crippen molar-refractivity contribution in [2.75, 3.05) is 18.0 Å². The van der Waals surface area contributed by atoms with Crippen LogP contribution in [0, 0.1) is 11.7 Å². The standard InChI is InChI=1S/C28H31FN4O2/c1-18-5-8-25-26(33(18)28(34)19-6-7-19)10-9-24(27(25)35-23-4-2-3-21(29)15-23)20-16-31-32(17-20)22-11-13-30-14-12-22/h2-4,9-10,15-19,22,30H,5-8,11-14H2,1H3/t18-/m0/s1. The van der Waals surface area contributed by atoms with Crippen molar-refractivity contribution in [1.29, 1.82) is 0 Å². The number of aromatic nitrogens is 2. The van der Waals surface area contributed by atoms with Crippen LogP contribution in [-0.4, -0.2) is 34.8 Å². The summed E-state index contributed by atoms with van der Waals surface area (Å²) in [6, 6.07) is 10.8. The first-order valence-electron chi connectivity index (χ1n) is 12.8. The second kappa shape index (κ2) is 9.11. The Morgan fingerprint density at radius 1 is 1.11 bits per heavy atom. The number of nitrogens with zero attached hydrogens (tertiary/aromatic N) is 3. The van der Waals surface area contributed by atoms with E-state index in [4.69, 9.17) is 4.74 Å². The van der Waals surface area contributed by atoms with Crippen molar-refractivity contribution in [3.8, 4) is 22.6 Å². The maximum atomic E-state index is 14.0. The molecule has 3 aliphatic rings. The lowest BCUT2D eigenvalue weighted by molar-refractivity contribution is -0.120. The molecule has 2 aromatic carbocycles. The van der Waals surface area contributed by atoms with Gasteiger partial charge in [0, 0.05) is 40.9 Å². The number of amides is 1. The summed E-state index contributed by atoms with van der Waals surface area (Å²) in [5, 5.41) is 8.09. The van der Waals surface area contributed by atoms with Gasteiger partial charge in [-0.05, 0) is 82.8 Å². The van der Waals surface area contributed by atoms with Gasteiger partial charge in [0.1, 0.15) is 17.3 Å². The lowest BCUT2D eigenvalue weighted by atomic mass is 9.92. The number of halogens is 1. The summed E-state index contributed by atoms with van der Waals surface area (Å²) in [7, 11) is 0. The normalized spacial score (nSPS) is 20.5. The van der Waals surface area contributed by atoms with E-state index in [1.807, 2.05) is 17.2 Å². The lowest BCUT2D eigenvalue weighted by Crippen LogP contribution is -2.43. The second-order valence-corrected chi connectivity index (χ2v) is 10.1. The van der Waals surface area contributed by atoms with Gasteiger partial charge in [-0.25, -0.2) is 4.39 Å². The second-order valence-electron chi connectivity index (χ2n) is 10.1. The third-order valence-corrected chi connectivity index (χ3v) is 7.52. The molecule has 7 heteroatoms. The molecule has 1 aromatic heterocycles. The molecule has 1 amide bonds. The van der Waals surface area contributed by atoms with Crippen molar-refractivity contribution in [2.24, 2.45) is 5.92 Å². The van der Waals surface area contributed by atoms with Gasteiger partial charge in [0.2, 0.25) is 5.91 Å². The van der Waals surface area contributed by atoms with Crippen LogP contribution in [-0.2, 0) is 11.2 Å². The van der Waals surface area contributed by atoms with Crippen LogP contribution in [0.3, 0.4) is 0 Å². The third kappa shape index (κ3) is 4.33. The van der Waals surface area contributed by atoms with Gasteiger partial charge in [-0.15, -0.1) is 0 Å². The molecule has 2 fully saturated rings. The van der Waals surface area contributed by atoms with Crippen LogP contribution in [0.25, 0.3) is 11.1 Å². The van der Waals surface area contributed by atoms with E-state index >= 15 is 0 Å². The van der Waals surface area contributed by atoms with Crippen LogP contribution in [0.4, 0.5) is 10.1 Å². The summed E-state index contributed by atoms with van der Waals surface area (Å²) >= 11 is 0. The molecule has 0 radical (unpaired) electrons. The van der Waals surface area contributed by atoms with Gasteiger partial charge in [0.05, 0.1) is 17.9 Å². The first-order chi connectivity index (χ1) is 17.1. The molecule has 0 unspecified atom stereocenters. The van der Waals surface area contributed by atoms with Gasteiger partial charge in [-0.1, -0.05) is 6.07 Å². The van der Waals surface area contributed by atoms with Crippen LogP contribution in [0.5, 0.6) is 11.5 Å². The molecule has 0 bridgehead atoms. The summed E-state index contributed by atoms with van der Waals surface area (Å²) in [5.41, 5.74) is 3.81. The number of carbonyl (C=O) groups excluding carboxylic acids is 1. The van der Waals surface area contributed by atoms with Gasteiger partial charge in [-0.3, -0.25) is 9.48 Å². The van der Waals surface area contributed by atoms with Gasteiger partial charge < -0.3 is 15.0 Å². The van der Waals surface area contributed by atoms with Crippen molar-refractivity contribution in [2.45, 2.75) is 57.5 Å². The van der Waals surface area contributed by atoms with Crippen molar-refractivity contribution in [3.63, 3.8) is 0 Å². The molecule has 6 rings (SSSR count). The van der Waals surface area contributed by atoms with Crippen molar-refractivity contribution in [1.82, 2.24) is 15.1 Å². The number of nitrogens with one attached hydrogen (secondary N) is 1. The van der Waals surface area contributed by atoms with Crippen molar-refractivity contribution < 1.29 is 13.9 Å². The van der Waals surface area contributed by atoms with Crippen LogP contribution < -0.4 is 15.0 Å². The fraction of sp³-hybridized carbons (Fsp3) is 0.429. The zero-order chi connectivity index (χ0) is 23.9. The van der Waals surface area contributed by atoms with Crippen LogP contribution in [0.1, 0.15) is 50.6 Å². The van der Waals surface area contributed by atoms with E-state index in [0.29, 0.717) is 17.5 Å². The maximum absolute atomic E-state index is 14.0. The Kier molecular flexibility index (Phi) is 5.80. The average Bonchev–Trinajstić information content (AvgIpc) is 3.61. The number of rotatable bonds is 5. The zero-order valence-electron chi connectivity index (χ0n) is 20.0. The highest BCUT2D eigenvalue weighted by atomic mass is 19.1. The summed E-state index contributed by atoms with van der Waals surface area (Å²) in [6.45, 7) is 4.11. The highest BCUT2D eigenvalue weighted by Gasteiger charge is 2.39. The third-order valence-electron chi connectivity index (χ3n) is 7.52. The van der Waals surface area contributed by atoms with Crippen molar-refractivity contribution >= 4 is 11.6 Å². The van der Waals surface area contributed by atoms with Gasteiger partial charge >= 0.3 is 0 Å². The highest BCUT2D eigenvalue weighted by molar-refractivity contribution is 5.99. The van der Waals surface area contributed by atoms with E-state index in [9.17, 15) is 9.18 Å². The highest BCUT2D eigenvalue weighted by Crippen LogP contribution is 2.46. The zero-order valence-corrected chi connectivity index (χ0v) is 20.0. The molecule has 35 heavy (non-hydrogen) atoms. The van der Waals surface area contributed by atoms with E-state index in [-0.39, 0.29) is 23.7 Å². The number of piperidine rings is 1. The number of hydrogen-bond donors (Lipinski definition) is 1. The topological polar surface area (TPSA) is 59.4 Å². The van der Waals surface area contributed by atoms with Gasteiger partial charge in [-0.2, -0.15) is 5.10 Å². The molecule has 182 valence electrons. The van der Waals surface area contributed by atoms with Gasteiger partial charge in [0.25, 0.3) is 0 Å². The van der Waals surface area contributed by atoms with Crippen LogP contribution in [0.2, 0.25) is 0 Å². The van der Waals surface area contributed by atoms with Crippen LogP contribution in [0.15, 0.2) is 48.8 Å². The minimum atomic E-state index is -0.341. The molecule has 1 N–H and O–H groups in total. The summed E-state index contributed by atoms with van der Waals surface area (Å²) in [5.74, 6) is 1.15. The van der Waals surface area contributed by atoms with E-state index in [1.165, 1.54) is 12.1 Å². The van der Waals surface area contributed by atoms with E-state index < -0.39 is 0 Å². The minimum Gasteiger partial charge on any atom is -0.456 e. The number of benzene rings is 2. The Morgan fingerprint density at radius 3 is 2.71 bits per heavy atom. The van der Waals surface area contributed by atoms with E-state index in [2.05, 4.69) is 34.3 Å². The number of hydrogen-bond acceptors (Lipinski definition) is 4. The molecule has 2 aliphatic heterocycles. The van der Waals surface area contributed by atoms with Gasteiger partial charge in [0.15, 0.2) is 0 Å². The molecule has 3 heterocycles. The molecule has 1 aliphatic carbocycles. The SMILES string of the molecule is C[C@H]1CCc2c(ccc(-c3cnn(C4CCNCC4)c3)c2Oc2cccc(F)c2)N1C(=O)C1CC1. The minimum absolute atomic E-state index is 0.138. The Labute approximate surface area is 205 Å². The van der Waals surface area contributed by atoms with E-state index in [0.717, 1.165) is 74.0 Å². The Balaban J connectivity index is 1.44. The Bertz CT molecular complexity index is 1250. The number of fused-ring (bicyclic) bond motifs is 1. The van der Waals surface area contributed by atoms with Crippen molar-refractivity contribution in [3.05, 3.63) is 60.2 Å². The predicted octanol–water partition coefficient (Wildman–Crippen LogP) is 5.48. The Hall–Kier alpha value is -3.19. The van der Waals surface area contributed by atoms with Crippen LogP contribution >= 0.6 is 0 Å². The molecule has 6 nitrogen and oxygen atoms in total. The molecular formula is C28H31FN4O2. The monoisotopic (exact) mass is 474 g/mol. The first-order valence-corrected chi connectivity index (χ1v) is 12.8. The lowest BCUT2D eigenvalue weighted by Gasteiger charge is -2.36. The predicted molar refractivity (Wildman–Crippen MR) is 133 cm³/mol. The fourth-order valence-electron chi connectivity index (χ4n) is 5.41. The molecular weight excluding hydrogens is 443 g/mol. The largest absolute Gasteiger partial charge is 0.456 e. The molecule has 3 aromatic rings. The molecule has 1 saturated carbocycles. The quantitative estimate of drug-likeness (QED) is 0.532. The number of carbonyl (C=O) groups is 1. The summed E-state index contributed by atoms with van der Waals surface area (Å²) < 4.78 is 22.5. The number of anilines is 1. The summed E-state index contributed by atoms with van der Waals surface area (Å²) in [4.78, 5) is 15.2. The summed E-state index contributed by atoms with van der Waals surface area (Å²) in [6.07, 6.45) is 9.68. The maximum Gasteiger partial charge on any atom is 0.230 e. The fourth-order valence-corrected chi connectivity index (χ4v) is 5.41. The molecule has 1 saturated heterocycles. The Morgan fingerprint density at radius 2 is 1.94 bits per heavy atom. The average molecular weight is 475 g/mol.